The van der Waals surface area contributed by atoms with E-state index >= 15 is 0 Å². The van der Waals surface area contributed by atoms with Gasteiger partial charge in [0.2, 0.25) is 0 Å². The van der Waals surface area contributed by atoms with Crippen LogP contribution in [-0.4, -0.2) is 16.4 Å². The Labute approximate surface area is 110 Å². The molecule has 2 rings (SSSR count). The molecule has 100 valence electrons. The molecule has 1 atom stereocenters. The van der Waals surface area contributed by atoms with Gasteiger partial charge in [0.25, 0.3) is 0 Å². The van der Waals surface area contributed by atoms with E-state index in [9.17, 15) is 5.11 Å². The molecule has 18 heavy (non-hydrogen) atoms. The number of hydrogen-bond donors (Lipinski definition) is 2. The summed E-state index contributed by atoms with van der Waals surface area (Å²) in [6, 6.07) is 5.98. The topological polar surface area (TPSA) is 49.5 Å². The van der Waals surface area contributed by atoms with E-state index in [1.165, 1.54) is 5.56 Å². The standard InChI is InChI=1S/C15H24N2O/c1-5-15(4,18)17-13-7-6-12(16)10-11(13)8-9-14(17,2)3/h6-7,10,18H,5,8-9,16H2,1-4H3. The number of nitrogens with zero attached hydrogens (tertiary/aromatic N) is 1. The monoisotopic (exact) mass is 248 g/mol. The first-order valence-electron chi connectivity index (χ1n) is 6.69. The molecule has 1 aliphatic heterocycles. The highest BCUT2D eigenvalue weighted by Gasteiger charge is 2.41. The maximum atomic E-state index is 10.7. The lowest BCUT2D eigenvalue weighted by molar-refractivity contribution is 0.0282. The fourth-order valence-electron chi connectivity index (χ4n) is 2.97. The molecule has 0 aliphatic carbocycles. The van der Waals surface area contributed by atoms with Crippen molar-refractivity contribution in [3.63, 3.8) is 0 Å². The molecule has 0 fully saturated rings. The van der Waals surface area contributed by atoms with Gasteiger partial charge in [-0.15, -0.1) is 0 Å². The SMILES string of the molecule is CCC(C)(O)N1c2ccc(N)cc2CCC1(C)C. The van der Waals surface area contributed by atoms with Crippen LogP contribution in [-0.2, 0) is 6.42 Å². The Bertz CT molecular complexity index is 452. The zero-order valence-electron chi connectivity index (χ0n) is 11.8. The molecular formula is C15H24N2O. The predicted octanol–water partition coefficient (Wildman–Crippen LogP) is 2.92. The summed E-state index contributed by atoms with van der Waals surface area (Å²) in [6.45, 7) is 8.29. The molecule has 1 aromatic rings. The van der Waals surface area contributed by atoms with Crippen LogP contribution in [0.15, 0.2) is 18.2 Å². The van der Waals surface area contributed by atoms with Crippen LogP contribution in [0.4, 0.5) is 11.4 Å². The minimum atomic E-state index is -0.825. The highest BCUT2D eigenvalue weighted by molar-refractivity contribution is 5.63. The largest absolute Gasteiger partial charge is 0.399 e. The van der Waals surface area contributed by atoms with E-state index in [4.69, 9.17) is 5.73 Å². The summed E-state index contributed by atoms with van der Waals surface area (Å²) in [5.41, 5.74) is 8.14. The Kier molecular flexibility index (Phi) is 3.06. The Morgan fingerprint density at radius 3 is 2.72 bits per heavy atom. The summed E-state index contributed by atoms with van der Waals surface area (Å²) < 4.78 is 0. The summed E-state index contributed by atoms with van der Waals surface area (Å²) >= 11 is 0. The molecule has 0 amide bonds. The van der Waals surface area contributed by atoms with Crippen LogP contribution in [0.1, 0.15) is 46.1 Å². The molecule has 1 unspecified atom stereocenters. The van der Waals surface area contributed by atoms with Gasteiger partial charge in [-0.25, -0.2) is 0 Å². The third kappa shape index (κ3) is 2.07. The molecule has 0 bridgehead atoms. The van der Waals surface area contributed by atoms with Crippen molar-refractivity contribution in [2.24, 2.45) is 0 Å². The van der Waals surface area contributed by atoms with Gasteiger partial charge < -0.3 is 15.7 Å². The zero-order chi connectivity index (χ0) is 13.6. The van der Waals surface area contributed by atoms with Gasteiger partial charge in [-0.05, 0) is 63.8 Å². The molecule has 3 heteroatoms. The fourth-order valence-corrected chi connectivity index (χ4v) is 2.97. The maximum absolute atomic E-state index is 10.7. The number of rotatable bonds is 2. The average molecular weight is 248 g/mol. The zero-order valence-corrected chi connectivity index (χ0v) is 11.8. The summed E-state index contributed by atoms with van der Waals surface area (Å²) in [6.07, 6.45) is 2.74. The Hall–Kier alpha value is -1.22. The second-order valence-electron chi connectivity index (χ2n) is 6.11. The van der Waals surface area contributed by atoms with Crippen molar-refractivity contribution >= 4 is 11.4 Å². The molecule has 1 heterocycles. The van der Waals surface area contributed by atoms with Gasteiger partial charge in [0.05, 0.1) is 0 Å². The minimum absolute atomic E-state index is 0.0391. The van der Waals surface area contributed by atoms with Gasteiger partial charge >= 0.3 is 0 Å². The van der Waals surface area contributed by atoms with Gasteiger partial charge in [-0.3, -0.25) is 0 Å². The highest BCUT2D eigenvalue weighted by atomic mass is 16.3. The van der Waals surface area contributed by atoms with Gasteiger partial charge in [0.1, 0.15) is 5.72 Å². The number of aliphatic hydroxyl groups is 1. The molecule has 0 aromatic heterocycles. The smallest absolute Gasteiger partial charge is 0.135 e. The number of benzene rings is 1. The molecule has 1 aliphatic rings. The number of nitrogens with two attached hydrogens (primary N) is 1. The van der Waals surface area contributed by atoms with Crippen molar-refractivity contribution in [3.05, 3.63) is 23.8 Å². The first-order chi connectivity index (χ1) is 8.28. The lowest BCUT2D eigenvalue weighted by atomic mass is 9.84. The second-order valence-corrected chi connectivity index (χ2v) is 6.11. The fraction of sp³-hybridized carbons (Fsp3) is 0.600. The number of hydrogen-bond acceptors (Lipinski definition) is 3. The first kappa shape index (κ1) is 13.2. The van der Waals surface area contributed by atoms with Crippen molar-refractivity contribution in [3.8, 4) is 0 Å². The van der Waals surface area contributed by atoms with Gasteiger partial charge in [0.15, 0.2) is 0 Å². The van der Waals surface area contributed by atoms with Crippen LogP contribution >= 0.6 is 0 Å². The first-order valence-corrected chi connectivity index (χ1v) is 6.69. The summed E-state index contributed by atoms with van der Waals surface area (Å²) in [4.78, 5) is 2.15. The minimum Gasteiger partial charge on any atom is -0.399 e. The van der Waals surface area contributed by atoms with Crippen molar-refractivity contribution < 1.29 is 5.11 Å². The van der Waals surface area contributed by atoms with Crippen LogP contribution < -0.4 is 10.6 Å². The predicted molar refractivity (Wildman–Crippen MR) is 76.6 cm³/mol. The Morgan fingerprint density at radius 2 is 2.11 bits per heavy atom. The van der Waals surface area contributed by atoms with E-state index in [1.54, 1.807) is 0 Å². The summed E-state index contributed by atoms with van der Waals surface area (Å²) in [7, 11) is 0. The third-order valence-electron chi connectivity index (χ3n) is 4.11. The molecule has 0 spiro atoms. The molecule has 3 nitrogen and oxygen atoms in total. The normalized spacial score (nSPS) is 21.3. The van der Waals surface area contributed by atoms with E-state index in [0.717, 1.165) is 24.2 Å². The van der Waals surface area contributed by atoms with E-state index in [-0.39, 0.29) is 5.54 Å². The Balaban J connectivity index is 2.55. The molecule has 0 saturated heterocycles. The average Bonchev–Trinajstić information content (AvgIpc) is 2.28. The van der Waals surface area contributed by atoms with Crippen LogP contribution in [0.25, 0.3) is 0 Å². The van der Waals surface area contributed by atoms with Crippen molar-refractivity contribution in [2.75, 3.05) is 10.6 Å². The number of fused-ring (bicyclic) bond motifs is 1. The van der Waals surface area contributed by atoms with Crippen LogP contribution in [0.3, 0.4) is 0 Å². The van der Waals surface area contributed by atoms with Gasteiger partial charge in [0, 0.05) is 16.9 Å². The lowest BCUT2D eigenvalue weighted by Crippen LogP contribution is -2.59. The quantitative estimate of drug-likeness (QED) is 0.791. The van der Waals surface area contributed by atoms with Crippen LogP contribution in [0.5, 0.6) is 0 Å². The summed E-state index contributed by atoms with van der Waals surface area (Å²) in [5, 5.41) is 10.7. The van der Waals surface area contributed by atoms with Crippen molar-refractivity contribution in [1.29, 1.82) is 0 Å². The van der Waals surface area contributed by atoms with Crippen molar-refractivity contribution in [1.82, 2.24) is 0 Å². The molecule has 1 aromatic carbocycles. The lowest BCUT2D eigenvalue weighted by Gasteiger charge is -2.52. The molecule has 3 N–H and O–H groups in total. The number of aryl methyl sites for hydroxylation is 1. The number of anilines is 2. The highest BCUT2D eigenvalue weighted by Crippen LogP contribution is 2.42. The second kappa shape index (κ2) is 4.16. The van der Waals surface area contributed by atoms with Crippen LogP contribution in [0.2, 0.25) is 0 Å². The van der Waals surface area contributed by atoms with E-state index < -0.39 is 5.72 Å². The third-order valence-corrected chi connectivity index (χ3v) is 4.11. The number of nitrogen functional groups attached to an aromatic ring is 1. The van der Waals surface area contributed by atoms with Crippen molar-refractivity contribution in [2.45, 2.75) is 58.2 Å². The maximum Gasteiger partial charge on any atom is 0.135 e. The molecule has 0 radical (unpaired) electrons. The Morgan fingerprint density at radius 1 is 1.44 bits per heavy atom. The van der Waals surface area contributed by atoms with E-state index in [2.05, 4.69) is 18.7 Å². The van der Waals surface area contributed by atoms with E-state index in [0.29, 0.717) is 6.42 Å². The van der Waals surface area contributed by atoms with Gasteiger partial charge in [-0.1, -0.05) is 6.92 Å². The summed E-state index contributed by atoms with van der Waals surface area (Å²) in [5.74, 6) is 0. The molecular weight excluding hydrogens is 224 g/mol. The molecule has 0 saturated carbocycles. The van der Waals surface area contributed by atoms with E-state index in [1.807, 2.05) is 32.0 Å². The van der Waals surface area contributed by atoms with Gasteiger partial charge in [-0.2, -0.15) is 0 Å². The van der Waals surface area contributed by atoms with Crippen LogP contribution in [0, 0.1) is 0 Å².